The summed E-state index contributed by atoms with van der Waals surface area (Å²) in [5.74, 6) is 2.03. The van der Waals surface area contributed by atoms with E-state index >= 15 is 0 Å². The zero-order chi connectivity index (χ0) is 24.9. The number of ether oxygens (including phenoxy) is 3. The highest BCUT2D eigenvalue weighted by atomic mass is 16.7. The second kappa shape index (κ2) is 11.2. The number of unbranched alkanes of at least 4 members (excludes halogenated alkanes) is 3. The molecular weight excluding hydrogens is 458 g/mol. The van der Waals surface area contributed by atoms with Crippen molar-refractivity contribution in [1.29, 1.82) is 0 Å². The normalized spacial score (nSPS) is 20.2. The van der Waals surface area contributed by atoms with Crippen LogP contribution in [-0.2, 0) is 9.59 Å². The number of hydrogen-bond acceptors (Lipinski definition) is 7. The number of benzene rings is 2. The van der Waals surface area contributed by atoms with Crippen molar-refractivity contribution < 1.29 is 23.8 Å². The van der Waals surface area contributed by atoms with E-state index in [-0.39, 0.29) is 25.0 Å². The zero-order valence-corrected chi connectivity index (χ0v) is 20.9. The van der Waals surface area contributed by atoms with Crippen LogP contribution < -0.4 is 24.4 Å². The fraction of sp³-hybridized carbons (Fsp3) is 0.500. The number of anilines is 2. The summed E-state index contributed by atoms with van der Waals surface area (Å²) in [6, 6.07) is 13.1. The van der Waals surface area contributed by atoms with Gasteiger partial charge < -0.3 is 19.5 Å². The standard InChI is InChI=1S/C28H35N3O5/c1-2-3-4-5-16-34-23-9-7-22(8-10-23)31-27(32)18-24(28(31)33)30-14-12-20(13-15-30)29-21-6-11-25-26(17-21)36-19-35-25/h6-11,17,20,24,29H,2-5,12-16,18-19H2,1H3/t24-/m0/s1. The van der Waals surface area contributed by atoms with Crippen LogP contribution in [0.4, 0.5) is 11.4 Å². The molecule has 1 atom stereocenters. The summed E-state index contributed by atoms with van der Waals surface area (Å²) >= 11 is 0. The van der Waals surface area contributed by atoms with Crippen molar-refractivity contribution in [3.05, 3.63) is 42.5 Å². The van der Waals surface area contributed by atoms with E-state index in [2.05, 4.69) is 17.1 Å². The first-order valence-electron chi connectivity index (χ1n) is 13.1. The summed E-state index contributed by atoms with van der Waals surface area (Å²) in [6.07, 6.45) is 6.64. The van der Waals surface area contributed by atoms with Gasteiger partial charge in [-0.3, -0.25) is 14.5 Å². The number of nitrogens with zero attached hydrogens (tertiary/aromatic N) is 2. The van der Waals surface area contributed by atoms with Gasteiger partial charge in [0.25, 0.3) is 5.91 Å². The van der Waals surface area contributed by atoms with Gasteiger partial charge in [-0.2, -0.15) is 0 Å². The van der Waals surface area contributed by atoms with Gasteiger partial charge in [-0.25, -0.2) is 4.90 Å². The Morgan fingerprint density at radius 3 is 2.53 bits per heavy atom. The Bertz CT molecular complexity index is 1070. The molecule has 8 nitrogen and oxygen atoms in total. The van der Waals surface area contributed by atoms with Gasteiger partial charge in [0.15, 0.2) is 11.5 Å². The summed E-state index contributed by atoms with van der Waals surface area (Å²) in [6.45, 7) is 4.67. The van der Waals surface area contributed by atoms with Crippen LogP contribution in [0.15, 0.2) is 42.5 Å². The minimum absolute atomic E-state index is 0.129. The Kier molecular flexibility index (Phi) is 7.60. The highest BCUT2D eigenvalue weighted by Crippen LogP contribution is 2.35. The Balaban J connectivity index is 1.12. The van der Waals surface area contributed by atoms with Gasteiger partial charge in [0, 0.05) is 30.9 Å². The average molecular weight is 494 g/mol. The minimum atomic E-state index is -0.390. The predicted molar refractivity (Wildman–Crippen MR) is 138 cm³/mol. The number of hydrogen-bond donors (Lipinski definition) is 1. The summed E-state index contributed by atoms with van der Waals surface area (Å²) in [5, 5.41) is 3.57. The van der Waals surface area contributed by atoms with Crippen molar-refractivity contribution in [2.75, 3.05) is 36.7 Å². The number of imide groups is 1. The number of nitrogens with one attached hydrogen (secondary N) is 1. The van der Waals surface area contributed by atoms with Crippen molar-refractivity contribution in [2.24, 2.45) is 0 Å². The molecule has 8 heteroatoms. The number of fused-ring (bicyclic) bond motifs is 1. The van der Waals surface area contributed by atoms with E-state index in [0.717, 1.165) is 55.3 Å². The molecule has 0 unspecified atom stereocenters. The number of rotatable bonds is 10. The number of amides is 2. The number of carbonyl (C=O) groups is 2. The van der Waals surface area contributed by atoms with Gasteiger partial charge >= 0.3 is 0 Å². The quantitative estimate of drug-likeness (QED) is 0.383. The Hall–Kier alpha value is -3.26. The van der Waals surface area contributed by atoms with Gasteiger partial charge in [0.05, 0.1) is 24.8 Å². The molecule has 3 aliphatic rings. The van der Waals surface area contributed by atoms with E-state index < -0.39 is 6.04 Å². The molecule has 2 amide bonds. The predicted octanol–water partition coefficient (Wildman–Crippen LogP) is 4.58. The third-order valence-corrected chi connectivity index (χ3v) is 7.20. The van der Waals surface area contributed by atoms with Crippen LogP contribution in [0.1, 0.15) is 51.9 Å². The molecule has 2 aromatic carbocycles. The topological polar surface area (TPSA) is 80.3 Å². The highest BCUT2D eigenvalue weighted by Gasteiger charge is 2.43. The molecule has 3 heterocycles. The Morgan fingerprint density at radius 2 is 1.75 bits per heavy atom. The summed E-state index contributed by atoms with van der Waals surface area (Å²) in [5.41, 5.74) is 1.62. The monoisotopic (exact) mass is 493 g/mol. The lowest BCUT2D eigenvalue weighted by Crippen LogP contribution is -2.48. The van der Waals surface area contributed by atoms with Crippen LogP contribution in [0.2, 0.25) is 0 Å². The zero-order valence-electron chi connectivity index (χ0n) is 20.9. The van der Waals surface area contributed by atoms with Gasteiger partial charge in [-0.1, -0.05) is 26.2 Å². The molecule has 0 aromatic heterocycles. The van der Waals surface area contributed by atoms with E-state index in [0.29, 0.717) is 18.3 Å². The lowest BCUT2D eigenvalue weighted by atomic mass is 10.0. The molecule has 0 spiro atoms. The number of carbonyl (C=O) groups excluding carboxylic acids is 2. The van der Waals surface area contributed by atoms with Crippen LogP contribution >= 0.6 is 0 Å². The van der Waals surface area contributed by atoms with Crippen molar-refractivity contribution in [2.45, 2.75) is 64.0 Å². The van der Waals surface area contributed by atoms with Crippen molar-refractivity contribution >= 4 is 23.2 Å². The van der Waals surface area contributed by atoms with E-state index in [1.54, 1.807) is 12.1 Å². The maximum absolute atomic E-state index is 13.2. The second-order valence-corrected chi connectivity index (χ2v) is 9.71. The molecule has 2 saturated heterocycles. The lowest BCUT2D eigenvalue weighted by Gasteiger charge is -2.35. The van der Waals surface area contributed by atoms with Crippen LogP contribution in [0.25, 0.3) is 0 Å². The summed E-state index contributed by atoms with van der Waals surface area (Å²) in [4.78, 5) is 29.6. The van der Waals surface area contributed by atoms with Crippen molar-refractivity contribution in [3.8, 4) is 17.2 Å². The van der Waals surface area contributed by atoms with Gasteiger partial charge in [0.1, 0.15) is 5.75 Å². The van der Waals surface area contributed by atoms with Crippen molar-refractivity contribution in [1.82, 2.24) is 4.90 Å². The van der Waals surface area contributed by atoms with Crippen LogP contribution in [0.5, 0.6) is 17.2 Å². The van der Waals surface area contributed by atoms with Crippen LogP contribution in [0.3, 0.4) is 0 Å². The SMILES string of the molecule is CCCCCCOc1ccc(N2C(=O)C[C@H](N3CCC(Nc4ccc5c(c4)OCO5)CC3)C2=O)cc1. The molecule has 1 N–H and O–H groups in total. The van der Waals surface area contributed by atoms with E-state index in [4.69, 9.17) is 14.2 Å². The fourth-order valence-electron chi connectivity index (χ4n) is 5.16. The molecule has 0 saturated carbocycles. The molecule has 5 rings (SSSR count). The molecular formula is C28H35N3O5. The van der Waals surface area contributed by atoms with E-state index in [1.807, 2.05) is 30.3 Å². The molecule has 0 radical (unpaired) electrons. The van der Waals surface area contributed by atoms with Gasteiger partial charge in [-0.15, -0.1) is 0 Å². The fourth-order valence-corrected chi connectivity index (χ4v) is 5.16. The number of piperidine rings is 1. The largest absolute Gasteiger partial charge is 0.494 e. The highest BCUT2D eigenvalue weighted by molar-refractivity contribution is 6.22. The van der Waals surface area contributed by atoms with E-state index in [1.165, 1.54) is 24.2 Å². The van der Waals surface area contributed by atoms with Crippen molar-refractivity contribution in [3.63, 3.8) is 0 Å². The van der Waals surface area contributed by atoms with Crippen LogP contribution in [-0.4, -0.2) is 55.3 Å². The van der Waals surface area contributed by atoms with E-state index in [9.17, 15) is 9.59 Å². The second-order valence-electron chi connectivity index (χ2n) is 9.71. The number of likely N-dealkylation sites (tertiary alicyclic amines) is 1. The first kappa shape index (κ1) is 24.4. The molecule has 2 fully saturated rings. The van der Waals surface area contributed by atoms with Gasteiger partial charge in [0.2, 0.25) is 12.7 Å². The first-order chi connectivity index (χ1) is 17.6. The summed E-state index contributed by atoms with van der Waals surface area (Å²) < 4.78 is 16.6. The summed E-state index contributed by atoms with van der Waals surface area (Å²) in [7, 11) is 0. The molecule has 0 aliphatic carbocycles. The van der Waals surface area contributed by atoms with Gasteiger partial charge in [-0.05, 0) is 55.7 Å². The third kappa shape index (κ3) is 5.43. The average Bonchev–Trinajstić information content (AvgIpc) is 3.48. The maximum atomic E-state index is 13.2. The molecule has 2 aromatic rings. The minimum Gasteiger partial charge on any atom is -0.494 e. The van der Waals surface area contributed by atoms with Crippen LogP contribution in [0, 0.1) is 0 Å². The smallest absolute Gasteiger partial charge is 0.251 e. The Morgan fingerprint density at radius 1 is 0.972 bits per heavy atom. The Labute approximate surface area is 212 Å². The first-order valence-corrected chi connectivity index (χ1v) is 13.1. The molecule has 3 aliphatic heterocycles. The molecule has 36 heavy (non-hydrogen) atoms. The third-order valence-electron chi connectivity index (χ3n) is 7.20. The lowest BCUT2D eigenvalue weighted by molar-refractivity contribution is -0.123. The maximum Gasteiger partial charge on any atom is 0.251 e. The molecule has 192 valence electrons. The molecule has 0 bridgehead atoms.